The largest absolute Gasteiger partial charge is 0.390 e. The Kier molecular flexibility index (Phi) is 6.95. The monoisotopic (exact) mass is 491 g/mol. The van der Waals surface area contributed by atoms with Gasteiger partial charge in [0, 0.05) is 37.1 Å². The molecule has 1 aliphatic rings. The Labute approximate surface area is 209 Å². The normalized spacial score (nSPS) is 15.4. The van der Waals surface area contributed by atoms with E-state index < -0.39 is 17.0 Å². The quantitative estimate of drug-likeness (QED) is 0.439. The summed E-state index contributed by atoms with van der Waals surface area (Å²) < 4.78 is 15.0. The fourth-order valence-electron chi connectivity index (χ4n) is 4.53. The maximum Gasteiger partial charge on any atom is 0.254 e. The van der Waals surface area contributed by atoms with Crippen LogP contribution in [-0.4, -0.2) is 44.5 Å². The van der Waals surface area contributed by atoms with Crippen LogP contribution in [0, 0.1) is 17.1 Å². The van der Waals surface area contributed by atoms with E-state index in [2.05, 4.69) is 21.4 Å². The number of nitrogens with zero attached hydrogens (tertiary/aromatic N) is 5. The van der Waals surface area contributed by atoms with Crippen molar-refractivity contribution in [3.05, 3.63) is 65.7 Å². The molecule has 0 unspecified atom stereocenters. The van der Waals surface area contributed by atoms with Crippen molar-refractivity contribution in [3.63, 3.8) is 0 Å². The molecule has 1 aliphatic heterocycles. The lowest BCUT2D eigenvalue weighted by atomic mass is 9.85. The lowest BCUT2D eigenvalue weighted by molar-refractivity contribution is 0.0799. The summed E-state index contributed by atoms with van der Waals surface area (Å²) in [7, 11) is 0. The number of hydrogen-bond donors (Lipinski definition) is 3. The number of carbonyl (C=O) groups excluding carboxylic acids is 1. The Morgan fingerprint density at radius 3 is 2.56 bits per heavy atom. The van der Waals surface area contributed by atoms with Crippen molar-refractivity contribution in [1.29, 1.82) is 5.26 Å². The number of aromatic nitrogens is 3. The highest BCUT2D eigenvalue weighted by atomic mass is 19.1. The topological polar surface area (TPSA) is 133 Å². The number of halogens is 1. The summed E-state index contributed by atoms with van der Waals surface area (Å²) in [6.07, 6.45) is 3.45. The zero-order chi connectivity index (χ0) is 25.9. The van der Waals surface area contributed by atoms with Crippen LogP contribution in [0.15, 0.2) is 48.7 Å². The lowest BCUT2D eigenvalue weighted by Crippen LogP contribution is -2.46. The predicted octanol–water partition coefficient (Wildman–Crippen LogP) is 3.48. The molecule has 0 saturated carbocycles. The molecule has 0 bridgehead atoms. The first-order chi connectivity index (χ1) is 17.1. The van der Waals surface area contributed by atoms with Crippen LogP contribution in [0.2, 0.25) is 0 Å². The molecule has 36 heavy (non-hydrogen) atoms. The molecule has 0 atom stereocenters. The number of pyridine rings is 1. The van der Waals surface area contributed by atoms with E-state index in [0.717, 1.165) is 11.5 Å². The molecule has 2 aromatic heterocycles. The SMILES string of the molecule is CC(C)(O)Cc1cccc(N2CCC(CC#N)(n3cc(C(N)=O)c(Nc4ccc(F)cc4)n3)CC2)n1. The molecule has 4 rings (SSSR count). The predicted molar refractivity (Wildman–Crippen MR) is 134 cm³/mol. The first-order valence-corrected chi connectivity index (χ1v) is 11.8. The summed E-state index contributed by atoms with van der Waals surface area (Å²) >= 11 is 0. The van der Waals surface area contributed by atoms with Crippen LogP contribution in [0.25, 0.3) is 0 Å². The summed E-state index contributed by atoms with van der Waals surface area (Å²) in [4.78, 5) is 19.0. The van der Waals surface area contributed by atoms with Gasteiger partial charge in [-0.3, -0.25) is 9.48 Å². The van der Waals surface area contributed by atoms with Crippen LogP contribution >= 0.6 is 0 Å². The van der Waals surface area contributed by atoms with Gasteiger partial charge in [-0.15, -0.1) is 0 Å². The number of amides is 1. The number of piperidine rings is 1. The zero-order valence-corrected chi connectivity index (χ0v) is 20.4. The minimum Gasteiger partial charge on any atom is -0.390 e. The minimum absolute atomic E-state index is 0.194. The van der Waals surface area contributed by atoms with Gasteiger partial charge in [-0.2, -0.15) is 10.4 Å². The van der Waals surface area contributed by atoms with Crippen molar-refractivity contribution in [2.75, 3.05) is 23.3 Å². The Balaban J connectivity index is 1.57. The van der Waals surface area contributed by atoms with Crippen LogP contribution < -0.4 is 16.0 Å². The average molecular weight is 492 g/mol. The number of nitriles is 1. The fraction of sp³-hybridized carbons (Fsp3) is 0.385. The van der Waals surface area contributed by atoms with Crippen molar-refractivity contribution >= 4 is 23.2 Å². The van der Waals surface area contributed by atoms with Crippen molar-refractivity contribution in [1.82, 2.24) is 14.8 Å². The van der Waals surface area contributed by atoms with Gasteiger partial charge in [0.15, 0.2) is 5.82 Å². The minimum atomic E-state index is -0.854. The van der Waals surface area contributed by atoms with Gasteiger partial charge < -0.3 is 21.1 Å². The number of rotatable bonds is 8. The second-order valence-corrected chi connectivity index (χ2v) is 9.85. The Bertz CT molecular complexity index is 1270. The van der Waals surface area contributed by atoms with Crippen molar-refractivity contribution < 1.29 is 14.3 Å². The Morgan fingerprint density at radius 2 is 1.94 bits per heavy atom. The highest BCUT2D eigenvalue weighted by Crippen LogP contribution is 2.36. The van der Waals surface area contributed by atoms with E-state index >= 15 is 0 Å². The molecule has 1 amide bonds. The van der Waals surface area contributed by atoms with Gasteiger partial charge in [0.05, 0.1) is 23.6 Å². The Hall–Kier alpha value is -3.97. The number of hydrogen-bond acceptors (Lipinski definition) is 7. The molecule has 3 aromatic rings. The first-order valence-electron chi connectivity index (χ1n) is 11.8. The molecule has 0 spiro atoms. The van der Waals surface area contributed by atoms with Crippen LogP contribution in [-0.2, 0) is 12.0 Å². The van der Waals surface area contributed by atoms with Gasteiger partial charge in [-0.25, -0.2) is 9.37 Å². The Morgan fingerprint density at radius 1 is 1.25 bits per heavy atom. The molecule has 1 saturated heterocycles. The number of nitrogens with one attached hydrogen (secondary N) is 1. The summed E-state index contributed by atoms with van der Waals surface area (Å²) in [5.41, 5.74) is 5.70. The number of carbonyl (C=O) groups is 1. The number of aliphatic hydroxyl groups is 1. The third-order valence-electron chi connectivity index (χ3n) is 6.40. The fourth-order valence-corrected chi connectivity index (χ4v) is 4.53. The zero-order valence-electron chi connectivity index (χ0n) is 20.4. The smallest absolute Gasteiger partial charge is 0.254 e. The molecule has 4 N–H and O–H groups in total. The van der Waals surface area contributed by atoms with Gasteiger partial charge >= 0.3 is 0 Å². The molecular formula is C26H30FN7O2. The molecule has 10 heteroatoms. The number of benzene rings is 1. The summed E-state index contributed by atoms with van der Waals surface area (Å²) in [6, 6.07) is 13.7. The summed E-state index contributed by atoms with van der Waals surface area (Å²) in [5, 5.41) is 27.4. The average Bonchev–Trinajstić information content (AvgIpc) is 3.25. The summed E-state index contributed by atoms with van der Waals surface area (Å²) in [6.45, 7) is 4.77. The van der Waals surface area contributed by atoms with E-state index in [1.807, 2.05) is 18.2 Å². The van der Waals surface area contributed by atoms with Crippen LogP contribution in [0.5, 0.6) is 0 Å². The van der Waals surface area contributed by atoms with Crippen LogP contribution in [0.4, 0.5) is 21.7 Å². The maximum atomic E-state index is 13.3. The van der Waals surface area contributed by atoms with Gasteiger partial charge in [0.25, 0.3) is 5.91 Å². The number of primary amides is 1. The molecule has 9 nitrogen and oxygen atoms in total. The van der Waals surface area contributed by atoms with Crippen LogP contribution in [0.1, 0.15) is 49.2 Å². The van der Waals surface area contributed by atoms with Crippen molar-refractivity contribution in [2.45, 2.75) is 50.7 Å². The molecule has 1 aromatic carbocycles. The van der Waals surface area contributed by atoms with E-state index in [0.29, 0.717) is 38.0 Å². The van der Waals surface area contributed by atoms with Gasteiger partial charge in [-0.1, -0.05) is 6.07 Å². The first kappa shape index (κ1) is 25.1. The van der Waals surface area contributed by atoms with Crippen molar-refractivity contribution in [2.24, 2.45) is 5.73 Å². The highest BCUT2D eigenvalue weighted by Gasteiger charge is 2.38. The molecule has 3 heterocycles. The van der Waals surface area contributed by atoms with E-state index in [1.54, 1.807) is 36.9 Å². The second kappa shape index (κ2) is 9.95. The van der Waals surface area contributed by atoms with Gasteiger partial charge in [0.2, 0.25) is 0 Å². The third kappa shape index (κ3) is 5.63. The standard InChI is InChI=1S/C26H30FN7O2/c1-25(2,36)16-20-4-3-5-22(30-20)33-14-11-26(10-13-28,12-15-33)34-17-21(23(29)35)24(32-34)31-19-8-6-18(27)7-9-19/h3-9,17,36H,10-12,14-16H2,1-2H3,(H2,29,35)(H,31,32). The molecule has 0 radical (unpaired) electrons. The maximum absolute atomic E-state index is 13.3. The van der Waals surface area contributed by atoms with E-state index in [1.165, 1.54) is 12.1 Å². The molecule has 1 fully saturated rings. The molecule has 0 aliphatic carbocycles. The molecular weight excluding hydrogens is 461 g/mol. The second-order valence-electron chi connectivity index (χ2n) is 9.85. The van der Waals surface area contributed by atoms with Crippen LogP contribution in [0.3, 0.4) is 0 Å². The third-order valence-corrected chi connectivity index (χ3v) is 6.40. The summed E-state index contributed by atoms with van der Waals surface area (Å²) in [5.74, 6) is 0.0540. The number of nitrogens with two attached hydrogens (primary N) is 1. The lowest BCUT2D eigenvalue weighted by Gasteiger charge is -2.41. The van der Waals surface area contributed by atoms with E-state index in [4.69, 9.17) is 10.7 Å². The highest BCUT2D eigenvalue weighted by molar-refractivity contribution is 5.98. The van der Waals surface area contributed by atoms with Gasteiger partial charge in [-0.05, 0) is 63.1 Å². The number of anilines is 3. The molecule has 188 valence electrons. The van der Waals surface area contributed by atoms with Crippen molar-refractivity contribution in [3.8, 4) is 6.07 Å². The van der Waals surface area contributed by atoms with E-state index in [-0.39, 0.29) is 23.6 Å². The van der Waals surface area contributed by atoms with E-state index in [9.17, 15) is 19.6 Å². The van der Waals surface area contributed by atoms with Gasteiger partial charge in [0.1, 0.15) is 17.2 Å².